The summed E-state index contributed by atoms with van der Waals surface area (Å²) >= 11 is 2.99. The number of aromatic nitrogens is 1. The molecule has 0 saturated carbocycles. The van der Waals surface area contributed by atoms with E-state index in [-0.39, 0.29) is 40.6 Å². The fourth-order valence-corrected chi connectivity index (χ4v) is 25.1. The quantitative estimate of drug-likeness (QED) is 0.0432. The van der Waals surface area contributed by atoms with Crippen LogP contribution < -0.4 is 10.4 Å². The molecule has 3 aromatic rings. The van der Waals surface area contributed by atoms with E-state index in [1.54, 1.807) is 0 Å². The number of hydrogen-bond donors (Lipinski definition) is 0. The number of halogens is 1. The molecule has 348 valence electrons. The zero-order valence-corrected chi connectivity index (χ0v) is 45.8. The van der Waals surface area contributed by atoms with Crippen molar-refractivity contribution >= 4 is 53.3 Å². The normalized spacial score (nSPS) is 22.7. The number of hydrogen-bond acceptors (Lipinski definition) is 6. The van der Waals surface area contributed by atoms with Gasteiger partial charge in [-0.1, -0.05) is 81.4 Å². The standard InChI is InChI=1S/C52H85INO5PSi2/c1-13-16-31-60(53,32-17-14-2,33-18-15-3)40-50-54-48(39-55-50)49-38-45(59-61(11,12)51(5,6)7)37-44(58-49)36-43-35-41(4)34-42(57-43)29-30-56-62(52(8,9)10,46-25-21-19-22-26-46)47-27-23-20-24-28-47/h19-28,39,42-45,49H,4,13-18,29-38,40H2,1-3,5-12H3/t42-,43+,44+,45+,49+/m0/s1. The minimum atomic E-state index is -2.64. The molecule has 62 heavy (non-hydrogen) atoms. The van der Waals surface area contributed by atoms with Crippen LogP contribution in [0.25, 0.3) is 0 Å². The molecule has 1 aromatic heterocycles. The Balaban J connectivity index is 1.34. The second-order valence-electron chi connectivity index (χ2n) is 21.7. The molecule has 0 bridgehead atoms. The molecule has 2 saturated heterocycles. The van der Waals surface area contributed by atoms with Crippen molar-refractivity contribution in [2.75, 3.05) is 25.1 Å². The van der Waals surface area contributed by atoms with Gasteiger partial charge in [0.2, 0.25) is 0 Å². The zero-order valence-electron chi connectivity index (χ0n) is 40.8. The van der Waals surface area contributed by atoms with Crippen LogP contribution in [0, 0.1) is 0 Å². The molecule has 0 unspecified atom stereocenters. The third kappa shape index (κ3) is 13.3. The molecule has 0 spiro atoms. The number of ether oxygens (including phenoxy) is 2. The van der Waals surface area contributed by atoms with Gasteiger partial charge >= 0.3 is 280 Å². The maximum absolute atomic E-state index is 7.31. The second kappa shape index (κ2) is 22.1. The SMILES string of the molecule is C=C1C[C@H](C[C@@H]2C[C@@H](O[Si](C)(C)C(C)(C)C)C[C@H](c3coc(CP(I)(CCCC)(CCCC)CCCC)n3)O2)O[C@@H](CCO[Si](c2ccccc2)(c2ccccc2)C(C)(C)C)C1. The first-order valence-corrected chi connectivity index (χ1v) is 34.9. The van der Waals surface area contributed by atoms with E-state index in [2.05, 4.69) is 165 Å². The van der Waals surface area contributed by atoms with Gasteiger partial charge < -0.3 is 4.43 Å². The molecule has 5 rings (SSSR count). The first-order valence-electron chi connectivity index (χ1n) is 24.3. The van der Waals surface area contributed by atoms with Crippen molar-refractivity contribution in [1.82, 2.24) is 4.98 Å². The van der Waals surface area contributed by atoms with Crippen molar-refractivity contribution in [2.45, 2.75) is 199 Å². The molecule has 2 aliphatic heterocycles. The zero-order chi connectivity index (χ0) is 45.3. The Morgan fingerprint density at radius 2 is 1.31 bits per heavy atom. The van der Waals surface area contributed by atoms with Crippen LogP contribution in [0.4, 0.5) is 0 Å². The van der Waals surface area contributed by atoms with Crippen molar-refractivity contribution in [3.63, 3.8) is 0 Å². The Labute approximate surface area is 393 Å². The van der Waals surface area contributed by atoms with Gasteiger partial charge in [-0.3, -0.25) is 0 Å². The summed E-state index contributed by atoms with van der Waals surface area (Å²) in [6.07, 6.45) is 19.4. The Morgan fingerprint density at radius 1 is 0.758 bits per heavy atom. The van der Waals surface area contributed by atoms with Gasteiger partial charge in [0.05, 0.1) is 0 Å². The molecule has 5 atom stereocenters. The molecule has 6 nitrogen and oxygen atoms in total. The van der Waals surface area contributed by atoms with Crippen LogP contribution in [0.3, 0.4) is 0 Å². The Kier molecular flexibility index (Phi) is 18.4. The van der Waals surface area contributed by atoms with E-state index >= 15 is 0 Å². The summed E-state index contributed by atoms with van der Waals surface area (Å²) in [5.41, 5.74) is 2.19. The molecule has 2 aromatic carbocycles. The van der Waals surface area contributed by atoms with E-state index in [1.165, 1.54) is 73.0 Å². The van der Waals surface area contributed by atoms with E-state index in [1.807, 2.05) is 6.26 Å². The van der Waals surface area contributed by atoms with Crippen molar-refractivity contribution in [3.05, 3.63) is 90.7 Å². The van der Waals surface area contributed by atoms with Gasteiger partial charge in [0.25, 0.3) is 8.32 Å². The first kappa shape index (κ1) is 51.8. The fraction of sp³-hybridized carbons (Fsp3) is 0.673. The summed E-state index contributed by atoms with van der Waals surface area (Å²) in [5.74, 6) is 0.915. The monoisotopic (exact) mass is 1020 g/mol. The van der Waals surface area contributed by atoms with E-state index in [4.69, 9.17) is 27.7 Å². The molecule has 2 aliphatic rings. The van der Waals surface area contributed by atoms with Gasteiger partial charge in [0.15, 0.2) is 0 Å². The predicted octanol–water partition coefficient (Wildman–Crippen LogP) is 14.5. The van der Waals surface area contributed by atoms with E-state index < -0.39 is 20.9 Å². The van der Waals surface area contributed by atoms with Crippen LogP contribution in [0.15, 0.2) is 83.5 Å². The third-order valence-electron chi connectivity index (χ3n) is 14.4. The van der Waals surface area contributed by atoms with Crippen LogP contribution >= 0.6 is 26.3 Å². The molecule has 0 radical (unpaired) electrons. The molecule has 0 aliphatic carbocycles. The van der Waals surface area contributed by atoms with E-state index in [9.17, 15) is 0 Å². The Bertz CT molecular complexity index is 1760. The van der Waals surface area contributed by atoms with Gasteiger partial charge in [0, 0.05) is 6.61 Å². The number of nitrogens with zero attached hydrogens (tertiary/aromatic N) is 1. The molecule has 10 heteroatoms. The molecule has 0 N–H and O–H groups in total. The summed E-state index contributed by atoms with van der Waals surface area (Å²) in [5, 5.41) is 2.66. The van der Waals surface area contributed by atoms with Gasteiger partial charge in [-0.2, -0.15) is 0 Å². The maximum atomic E-state index is 7.31. The Morgan fingerprint density at radius 3 is 1.82 bits per heavy atom. The summed E-state index contributed by atoms with van der Waals surface area (Å²) in [4.78, 5) is 5.32. The number of unbranched alkanes of at least 4 members (excludes halogenated alkanes) is 3. The van der Waals surface area contributed by atoms with Crippen LogP contribution in [0.1, 0.15) is 157 Å². The molecular weight excluding hydrogens is 933 g/mol. The minimum absolute atomic E-state index is 0.0175. The number of benzene rings is 2. The molecular formula is C52H85INO5PSi2. The summed E-state index contributed by atoms with van der Waals surface area (Å²) in [7, 11) is -4.69. The smallest absolute Gasteiger partial charge is 0.407 e. The molecule has 2 fully saturated rings. The first-order chi connectivity index (χ1) is 29.2. The van der Waals surface area contributed by atoms with E-state index in [0.29, 0.717) is 6.61 Å². The molecule has 3 heterocycles. The second-order valence-corrected chi connectivity index (χ2v) is 44.2. The van der Waals surface area contributed by atoms with Crippen molar-refractivity contribution in [2.24, 2.45) is 0 Å². The average Bonchev–Trinajstić information content (AvgIpc) is 3.68. The van der Waals surface area contributed by atoms with Crippen molar-refractivity contribution in [1.29, 1.82) is 0 Å². The van der Waals surface area contributed by atoms with Crippen LogP contribution in [0.2, 0.25) is 23.2 Å². The van der Waals surface area contributed by atoms with Crippen LogP contribution in [-0.4, -0.2) is 71.1 Å². The minimum Gasteiger partial charge on any atom is -0.407 e. The van der Waals surface area contributed by atoms with Gasteiger partial charge in [-0.15, -0.1) is 0 Å². The van der Waals surface area contributed by atoms with Crippen molar-refractivity contribution in [3.8, 4) is 0 Å². The predicted molar refractivity (Wildman–Crippen MR) is 279 cm³/mol. The Hall–Kier alpha value is -1.18. The fourth-order valence-electron chi connectivity index (χ4n) is 9.92. The van der Waals surface area contributed by atoms with Gasteiger partial charge in [-0.25, -0.2) is 0 Å². The third-order valence-corrected chi connectivity index (χ3v) is 34.7. The van der Waals surface area contributed by atoms with Gasteiger partial charge in [-0.05, 0) is 15.4 Å². The van der Waals surface area contributed by atoms with E-state index in [0.717, 1.165) is 56.3 Å². The topological polar surface area (TPSA) is 63.0 Å². The van der Waals surface area contributed by atoms with Crippen LogP contribution in [0.5, 0.6) is 0 Å². The number of rotatable bonds is 22. The summed E-state index contributed by atoms with van der Waals surface area (Å²) in [6.45, 7) is 31.0. The van der Waals surface area contributed by atoms with Gasteiger partial charge in [0.1, 0.15) is 0 Å². The average molecular weight is 1020 g/mol. The summed E-state index contributed by atoms with van der Waals surface area (Å²) in [6, 6.07) is 21.9. The van der Waals surface area contributed by atoms with Crippen LogP contribution in [-0.2, 0) is 24.5 Å². The molecule has 0 amide bonds. The number of oxazole rings is 1. The van der Waals surface area contributed by atoms with Crippen molar-refractivity contribution < 1.29 is 22.7 Å². The summed E-state index contributed by atoms with van der Waals surface area (Å²) < 4.78 is 33.0.